The highest BCUT2D eigenvalue weighted by Gasteiger charge is 2.59. The Balaban J connectivity index is 1.86. The molecule has 0 unspecified atom stereocenters. The fourth-order valence-electron chi connectivity index (χ4n) is 3.28. The molecule has 0 aliphatic heterocycles. The first-order valence-corrected chi connectivity index (χ1v) is 8.44. The fourth-order valence-corrected chi connectivity index (χ4v) is 3.93. The van der Waals surface area contributed by atoms with Crippen molar-refractivity contribution in [3.63, 3.8) is 0 Å². The van der Waals surface area contributed by atoms with E-state index in [-0.39, 0.29) is 17.2 Å². The van der Waals surface area contributed by atoms with Crippen molar-refractivity contribution in [1.82, 2.24) is 5.32 Å². The molecular weight excluding hydrogens is 246 g/mol. The lowest BCUT2D eigenvalue weighted by Crippen LogP contribution is -2.68. The maximum Gasteiger partial charge on any atom is 0.223 e. The van der Waals surface area contributed by atoms with Gasteiger partial charge in [0, 0.05) is 29.7 Å². The molecule has 1 spiro atoms. The molecule has 2 aliphatic carbocycles. The van der Waals surface area contributed by atoms with E-state index in [1.54, 1.807) is 11.8 Å². The number of nitrogens with one attached hydrogen (secondary N) is 1. The minimum atomic E-state index is 0.114. The molecule has 2 fully saturated rings. The monoisotopic (exact) mass is 271 g/mol. The molecule has 0 aromatic carbocycles. The smallest absolute Gasteiger partial charge is 0.223 e. The number of carbonyl (C=O) groups is 1. The highest BCUT2D eigenvalue weighted by molar-refractivity contribution is 7.98. The number of ether oxygens (including phenoxy) is 1. The molecule has 0 saturated heterocycles. The van der Waals surface area contributed by atoms with Crippen LogP contribution in [0.1, 0.15) is 39.5 Å². The minimum Gasteiger partial charge on any atom is -0.378 e. The Bertz CT molecular complexity index is 304. The first-order chi connectivity index (χ1) is 8.64. The standard InChI is InChI=1S/C14H25NO2S/c1-4-17-12-8-11(14(12)6-5-7-14)15-13(16)10(2)9-18-3/h10-12H,4-9H2,1-3H3,(H,15,16)/t10-,11+,12+/m0/s1. The van der Waals surface area contributed by atoms with Gasteiger partial charge in [-0.05, 0) is 32.4 Å². The maximum absolute atomic E-state index is 12.1. The summed E-state index contributed by atoms with van der Waals surface area (Å²) in [6.45, 7) is 4.85. The maximum atomic E-state index is 12.1. The summed E-state index contributed by atoms with van der Waals surface area (Å²) in [7, 11) is 0. The SMILES string of the molecule is CCO[C@@H]1C[C@@H](NC(=O)[C@@H](C)CSC)C12CCC2. The van der Waals surface area contributed by atoms with Crippen molar-refractivity contribution in [3.8, 4) is 0 Å². The van der Waals surface area contributed by atoms with Gasteiger partial charge in [0.15, 0.2) is 0 Å². The average molecular weight is 271 g/mol. The van der Waals surface area contributed by atoms with E-state index in [1.165, 1.54) is 19.3 Å². The quantitative estimate of drug-likeness (QED) is 0.806. The minimum absolute atomic E-state index is 0.114. The Kier molecular flexibility index (Phi) is 4.59. The Morgan fingerprint density at radius 1 is 1.56 bits per heavy atom. The van der Waals surface area contributed by atoms with Crippen LogP contribution in [0.2, 0.25) is 0 Å². The van der Waals surface area contributed by atoms with Crippen LogP contribution in [0.5, 0.6) is 0 Å². The van der Waals surface area contributed by atoms with E-state index in [0.717, 1.165) is 18.8 Å². The molecule has 2 rings (SSSR count). The fraction of sp³-hybridized carbons (Fsp3) is 0.929. The average Bonchev–Trinajstić information content (AvgIpc) is 2.25. The third-order valence-corrected chi connectivity index (χ3v) is 5.45. The Morgan fingerprint density at radius 2 is 2.28 bits per heavy atom. The number of hydrogen-bond acceptors (Lipinski definition) is 3. The van der Waals surface area contributed by atoms with Crippen LogP contribution in [0, 0.1) is 11.3 Å². The first-order valence-electron chi connectivity index (χ1n) is 7.05. The second-order valence-corrected chi connectivity index (χ2v) is 6.59. The lowest BCUT2D eigenvalue weighted by molar-refractivity contribution is -0.176. The van der Waals surface area contributed by atoms with E-state index in [2.05, 4.69) is 12.2 Å². The van der Waals surface area contributed by atoms with Crippen molar-refractivity contribution < 1.29 is 9.53 Å². The van der Waals surface area contributed by atoms with Crippen molar-refractivity contribution in [3.05, 3.63) is 0 Å². The van der Waals surface area contributed by atoms with E-state index >= 15 is 0 Å². The molecule has 18 heavy (non-hydrogen) atoms. The molecule has 0 aromatic heterocycles. The molecule has 3 nitrogen and oxygen atoms in total. The number of thioether (sulfide) groups is 1. The van der Waals surface area contributed by atoms with Crippen molar-refractivity contribution in [1.29, 1.82) is 0 Å². The molecule has 3 atom stereocenters. The highest BCUT2D eigenvalue weighted by atomic mass is 32.2. The molecule has 2 saturated carbocycles. The van der Waals surface area contributed by atoms with Crippen LogP contribution in [-0.2, 0) is 9.53 Å². The molecule has 0 radical (unpaired) electrons. The number of carbonyl (C=O) groups excluding carboxylic acids is 1. The van der Waals surface area contributed by atoms with Gasteiger partial charge >= 0.3 is 0 Å². The number of amides is 1. The Hall–Kier alpha value is -0.220. The lowest BCUT2D eigenvalue weighted by Gasteiger charge is -2.61. The van der Waals surface area contributed by atoms with Crippen LogP contribution < -0.4 is 5.32 Å². The summed E-state index contributed by atoms with van der Waals surface area (Å²) in [5.74, 6) is 1.24. The summed E-state index contributed by atoms with van der Waals surface area (Å²) in [5, 5.41) is 3.25. The van der Waals surface area contributed by atoms with Crippen LogP contribution in [0.4, 0.5) is 0 Å². The molecular formula is C14H25NO2S. The third-order valence-electron chi connectivity index (χ3n) is 4.62. The Labute approximate surface area is 114 Å². The first kappa shape index (κ1) is 14.2. The van der Waals surface area contributed by atoms with Gasteiger partial charge in [-0.1, -0.05) is 13.3 Å². The predicted molar refractivity (Wildman–Crippen MR) is 75.8 cm³/mol. The molecule has 4 heteroatoms. The third kappa shape index (κ3) is 2.42. The van der Waals surface area contributed by atoms with Crippen LogP contribution in [-0.4, -0.2) is 36.7 Å². The summed E-state index contributed by atoms with van der Waals surface area (Å²) in [6.07, 6.45) is 7.17. The van der Waals surface area contributed by atoms with Crippen LogP contribution >= 0.6 is 11.8 Å². The van der Waals surface area contributed by atoms with Crippen molar-refractivity contribution >= 4 is 17.7 Å². The highest BCUT2D eigenvalue weighted by Crippen LogP contribution is 2.57. The summed E-state index contributed by atoms with van der Waals surface area (Å²) in [6, 6.07) is 0.361. The largest absolute Gasteiger partial charge is 0.378 e. The molecule has 1 amide bonds. The predicted octanol–water partition coefficient (Wildman–Crippen LogP) is 2.45. The summed E-state index contributed by atoms with van der Waals surface area (Å²) in [4.78, 5) is 12.1. The van der Waals surface area contributed by atoms with Gasteiger partial charge in [0.25, 0.3) is 0 Å². The lowest BCUT2D eigenvalue weighted by atomic mass is 9.51. The van der Waals surface area contributed by atoms with E-state index in [9.17, 15) is 4.79 Å². The van der Waals surface area contributed by atoms with Gasteiger partial charge in [0.1, 0.15) is 0 Å². The van der Waals surface area contributed by atoms with E-state index in [4.69, 9.17) is 4.74 Å². The van der Waals surface area contributed by atoms with Gasteiger partial charge in [-0.25, -0.2) is 0 Å². The van der Waals surface area contributed by atoms with E-state index < -0.39 is 0 Å². The van der Waals surface area contributed by atoms with Crippen molar-refractivity contribution in [2.45, 2.75) is 51.7 Å². The second-order valence-electron chi connectivity index (χ2n) is 5.68. The van der Waals surface area contributed by atoms with E-state index in [0.29, 0.717) is 12.1 Å². The summed E-state index contributed by atoms with van der Waals surface area (Å²) in [5.41, 5.74) is 0.282. The zero-order valence-electron chi connectivity index (χ0n) is 11.7. The van der Waals surface area contributed by atoms with Gasteiger partial charge in [0.05, 0.1) is 6.10 Å². The number of rotatable bonds is 6. The zero-order valence-corrected chi connectivity index (χ0v) is 12.5. The second kappa shape index (κ2) is 5.83. The summed E-state index contributed by atoms with van der Waals surface area (Å²) < 4.78 is 5.80. The molecule has 1 N–H and O–H groups in total. The van der Waals surface area contributed by atoms with Crippen LogP contribution in [0.15, 0.2) is 0 Å². The van der Waals surface area contributed by atoms with Gasteiger partial charge < -0.3 is 10.1 Å². The van der Waals surface area contributed by atoms with Crippen LogP contribution in [0.25, 0.3) is 0 Å². The zero-order chi connectivity index (χ0) is 13.2. The number of hydrogen-bond donors (Lipinski definition) is 1. The van der Waals surface area contributed by atoms with Crippen LogP contribution in [0.3, 0.4) is 0 Å². The normalized spacial score (nSPS) is 30.4. The van der Waals surface area contributed by atoms with Gasteiger partial charge in [0.2, 0.25) is 5.91 Å². The van der Waals surface area contributed by atoms with Crippen molar-refractivity contribution in [2.24, 2.45) is 11.3 Å². The Morgan fingerprint density at radius 3 is 2.78 bits per heavy atom. The molecule has 0 heterocycles. The van der Waals surface area contributed by atoms with Crippen molar-refractivity contribution in [2.75, 3.05) is 18.6 Å². The molecule has 2 aliphatic rings. The molecule has 104 valence electrons. The topological polar surface area (TPSA) is 38.3 Å². The molecule has 0 aromatic rings. The van der Waals surface area contributed by atoms with Gasteiger partial charge in [-0.15, -0.1) is 0 Å². The van der Waals surface area contributed by atoms with E-state index in [1.807, 2.05) is 13.2 Å². The van der Waals surface area contributed by atoms with Gasteiger partial charge in [-0.2, -0.15) is 11.8 Å². The summed E-state index contributed by atoms with van der Waals surface area (Å²) >= 11 is 1.73. The molecule has 0 bridgehead atoms. The van der Waals surface area contributed by atoms with Gasteiger partial charge in [-0.3, -0.25) is 4.79 Å².